The molecular formula is C16H19FN2O2. The molecule has 0 bridgehead atoms. The van der Waals surface area contributed by atoms with E-state index in [0.29, 0.717) is 24.9 Å². The molecule has 0 aromatic heterocycles. The van der Waals surface area contributed by atoms with Crippen LogP contribution in [0, 0.1) is 11.7 Å². The zero-order valence-corrected chi connectivity index (χ0v) is 12.0. The molecular weight excluding hydrogens is 271 g/mol. The number of nitrogens with zero attached hydrogens (tertiary/aromatic N) is 1. The topological polar surface area (TPSA) is 49.4 Å². The Hall–Kier alpha value is -2.17. The van der Waals surface area contributed by atoms with Crippen molar-refractivity contribution in [3.63, 3.8) is 0 Å². The monoisotopic (exact) mass is 290 g/mol. The lowest BCUT2D eigenvalue weighted by molar-refractivity contribution is -0.141. The second kappa shape index (κ2) is 6.52. The van der Waals surface area contributed by atoms with E-state index in [0.717, 1.165) is 0 Å². The number of amides is 2. The molecule has 1 aliphatic heterocycles. The van der Waals surface area contributed by atoms with Crippen molar-refractivity contribution in [3.8, 4) is 0 Å². The Bertz CT molecular complexity index is 559. The Morgan fingerprint density at radius 3 is 3.00 bits per heavy atom. The Morgan fingerprint density at radius 1 is 1.57 bits per heavy atom. The minimum atomic E-state index is -0.438. The van der Waals surface area contributed by atoms with Crippen LogP contribution in [0.3, 0.4) is 0 Å². The van der Waals surface area contributed by atoms with Crippen LogP contribution in [-0.4, -0.2) is 30.3 Å². The quantitative estimate of drug-likeness (QED) is 0.863. The highest BCUT2D eigenvalue weighted by Gasteiger charge is 2.38. The molecule has 5 heteroatoms. The summed E-state index contributed by atoms with van der Waals surface area (Å²) in [5, 5.41) is 2.76. The summed E-state index contributed by atoms with van der Waals surface area (Å²) in [5.41, 5.74) is 0.643. The van der Waals surface area contributed by atoms with Crippen LogP contribution in [-0.2, 0) is 9.59 Å². The van der Waals surface area contributed by atoms with Gasteiger partial charge in [-0.3, -0.25) is 9.59 Å². The summed E-state index contributed by atoms with van der Waals surface area (Å²) in [6, 6.07) is 5.63. The van der Waals surface area contributed by atoms with Crippen molar-refractivity contribution >= 4 is 11.8 Å². The third-order valence-corrected chi connectivity index (χ3v) is 3.81. The number of hydrogen-bond donors (Lipinski definition) is 1. The first-order valence-electron chi connectivity index (χ1n) is 6.94. The molecule has 0 radical (unpaired) electrons. The van der Waals surface area contributed by atoms with Crippen molar-refractivity contribution in [3.05, 3.63) is 48.3 Å². The predicted octanol–water partition coefficient (Wildman–Crippen LogP) is 2.04. The maximum Gasteiger partial charge on any atom is 0.225 e. The molecule has 112 valence electrons. The highest BCUT2D eigenvalue weighted by atomic mass is 19.1. The normalized spacial score (nSPS) is 22.0. The van der Waals surface area contributed by atoms with Gasteiger partial charge in [0, 0.05) is 20.0 Å². The molecule has 0 spiro atoms. The highest BCUT2D eigenvalue weighted by molar-refractivity contribution is 5.85. The average Bonchev–Trinajstić information content (AvgIpc) is 2.47. The minimum Gasteiger partial charge on any atom is -0.352 e. The molecule has 4 nitrogen and oxygen atoms in total. The molecule has 1 aromatic rings. The molecule has 1 saturated heterocycles. The molecule has 2 rings (SSSR count). The number of nitrogens with one attached hydrogen (secondary N) is 1. The van der Waals surface area contributed by atoms with Crippen LogP contribution < -0.4 is 5.32 Å². The molecule has 1 aromatic carbocycles. The predicted molar refractivity (Wildman–Crippen MR) is 77.8 cm³/mol. The number of benzene rings is 1. The summed E-state index contributed by atoms with van der Waals surface area (Å²) in [7, 11) is 1.66. The second-order valence-electron chi connectivity index (χ2n) is 5.18. The summed E-state index contributed by atoms with van der Waals surface area (Å²) in [4.78, 5) is 25.8. The van der Waals surface area contributed by atoms with Crippen LogP contribution in [0.1, 0.15) is 24.4 Å². The second-order valence-corrected chi connectivity index (χ2v) is 5.18. The minimum absolute atomic E-state index is 0.0305. The number of piperidine rings is 1. The Balaban J connectivity index is 2.31. The first-order chi connectivity index (χ1) is 10.0. The number of carbonyl (C=O) groups excluding carboxylic acids is 2. The molecule has 1 fully saturated rings. The van der Waals surface area contributed by atoms with E-state index in [1.165, 1.54) is 17.0 Å². The smallest absolute Gasteiger partial charge is 0.225 e. The van der Waals surface area contributed by atoms with E-state index >= 15 is 0 Å². The standard InChI is InChI=1S/C16H19FN2O2/c1-3-9-18-16(21)13-7-8-14(20)19(2)15(13)11-5-4-6-12(17)10-11/h3-6,10,13,15H,1,7-9H2,2H3,(H,18,21)/t13-,15-/m1/s1. The van der Waals surface area contributed by atoms with Gasteiger partial charge in [0.1, 0.15) is 5.82 Å². The van der Waals surface area contributed by atoms with Crippen LogP contribution >= 0.6 is 0 Å². The van der Waals surface area contributed by atoms with Crippen molar-refractivity contribution in [2.24, 2.45) is 5.92 Å². The van der Waals surface area contributed by atoms with Gasteiger partial charge in [0.05, 0.1) is 12.0 Å². The van der Waals surface area contributed by atoms with E-state index in [1.54, 1.807) is 25.3 Å². The van der Waals surface area contributed by atoms with Gasteiger partial charge in [-0.05, 0) is 24.1 Å². The molecule has 0 aliphatic carbocycles. The van der Waals surface area contributed by atoms with Crippen LogP contribution in [0.5, 0.6) is 0 Å². The zero-order chi connectivity index (χ0) is 15.4. The summed E-state index contributed by atoms with van der Waals surface area (Å²) >= 11 is 0. The van der Waals surface area contributed by atoms with Crippen molar-refractivity contribution in [2.45, 2.75) is 18.9 Å². The number of hydrogen-bond acceptors (Lipinski definition) is 2. The van der Waals surface area contributed by atoms with Gasteiger partial charge in [-0.1, -0.05) is 18.2 Å². The van der Waals surface area contributed by atoms with Crippen molar-refractivity contribution < 1.29 is 14.0 Å². The summed E-state index contributed by atoms with van der Waals surface area (Å²) < 4.78 is 13.5. The van der Waals surface area contributed by atoms with Crippen molar-refractivity contribution in [1.29, 1.82) is 0 Å². The number of halogens is 1. The van der Waals surface area contributed by atoms with Crippen molar-refractivity contribution in [2.75, 3.05) is 13.6 Å². The van der Waals surface area contributed by atoms with Crippen molar-refractivity contribution in [1.82, 2.24) is 10.2 Å². The largest absolute Gasteiger partial charge is 0.352 e. The molecule has 0 unspecified atom stereocenters. The maximum absolute atomic E-state index is 13.5. The number of rotatable bonds is 4. The average molecular weight is 290 g/mol. The highest BCUT2D eigenvalue weighted by Crippen LogP contribution is 2.36. The van der Waals surface area contributed by atoms with E-state index < -0.39 is 6.04 Å². The zero-order valence-electron chi connectivity index (χ0n) is 12.0. The molecule has 21 heavy (non-hydrogen) atoms. The molecule has 1 N–H and O–H groups in total. The Morgan fingerprint density at radius 2 is 2.33 bits per heavy atom. The molecule has 0 saturated carbocycles. The Labute approximate surface area is 123 Å². The summed E-state index contributed by atoms with van der Waals surface area (Å²) in [5.74, 6) is -0.917. The van der Waals surface area contributed by atoms with Gasteiger partial charge in [0.2, 0.25) is 11.8 Å². The van der Waals surface area contributed by atoms with E-state index in [-0.39, 0.29) is 23.5 Å². The summed E-state index contributed by atoms with van der Waals surface area (Å²) in [6.45, 7) is 3.94. The van der Waals surface area contributed by atoms with Gasteiger partial charge in [0.25, 0.3) is 0 Å². The van der Waals surface area contributed by atoms with Gasteiger partial charge in [-0.15, -0.1) is 6.58 Å². The SMILES string of the molecule is C=CCNC(=O)[C@@H]1CCC(=O)N(C)[C@@H]1c1cccc(F)c1. The van der Waals surface area contributed by atoms with E-state index in [9.17, 15) is 14.0 Å². The van der Waals surface area contributed by atoms with Crippen LogP contribution in [0.25, 0.3) is 0 Å². The van der Waals surface area contributed by atoms with Crippen LogP contribution in [0.15, 0.2) is 36.9 Å². The number of carbonyl (C=O) groups is 2. The summed E-state index contributed by atoms with van der Waals surface area (Å²) in [6.07, 6.45) is 2.40. The van der Waals surface area contributed by atoms with Gasteiger partial charge in [-0.2, -0.15) is 0 Å². The Kier molecular flexibility index (Phi) is 4.73. The van der Waals surface area contributed by atoms with E-state index in [2.05, 4.69) is 11.9 Å². The van der Waals surface area contributed by atoms with Gasteiger partial charge in [0.15, 0.2) is 0 Å². The third kappa shape index (κ3) is 3.29. The van der Waals surface area contributed by atoms with Gasteiger partial charge >= 0.3 is 0 Å². The van der Waals surface area contributed by atoms with E-state index in [1.807, 2.05) is 0 Å². The molecule has 1 aliphatic rings. The fourth-order valence-corrected chi connectivity index (χ4v) is 2.76. The maximum atomic E-state index is 13.5. The van der Waals surface area contributed by atoms with Gasteiger partial charge < -0.3 is 10.2 Å². The van der Waals surface area contributed by atoms with E-state index in [4.69, 9.17) is 0 Å². The van der Waals surface area contributed by atoms with Crippen LogP contribution in [0.4, 0.5) is 4.39 Å². The molecule has 2 atom stereocenters. The van der Waals surface area contributed by atoms with Gasteiger partial charge in [-0.25, -0.2) is 4.39 Å². The van der Waals surface area contributed by atoms with Crippen LogP contribution in [0.2, 0.25) is 0 Å². The lowest BCUT2D eigenvalue weighted by Crippen LogP contribution is -2.46. The lowest BCUT2D eigenvalue weighted by atomic mass is 9.84. The third-order valence-electron chi connectivity index (χ3n) is 3.81. The lowest BCUT2D eigenvalue weighted by Gasteiger charge is -2.38. The first kappa shape index (κ1) is 15.2. The molecule has 1 heterocycles. The molecule has 2 amide bonds. The fraction of sp³-hybridized carbons (Fsp3) is 0.375. The fourth-order valence-electron chi connectivity index (χ4n) is 2.76. The first-order valence-corrected chi connectivity index (χ1v) is 6.94. The number of likely N-dealkylation sites (tertiary alicyclic amines) is 1.